The van der Waals surface area contributed by atoms with Crippen LogP contribution in [0.1, 0.15) is 6.42 Å². The molecule has 0 saturated carbocycles. The predicted molar refractivity (Wildman–Crippen MR) is 35.7 cm³/mol. The van der Waals surface area contributed by atoms with Crippen molar-refractivity contribution < 1.29 is 14.2 Å². The number of hydrogen-bond donors (Lipinski definition) is 2. The van der Waals surface area contributed by atoms with Crippen LogP contribution in [0.25, 0.3) is 0 Å². The van der Waals surface area contributed by atoms with Gasteiger partial charge in [0.15, 0.2) is 8.03 Å². The zero-order chi connectivity index (χ0) is 7.11. The van der Waals surface area contributed by atoms with E-state index in [0.717, 1.165) is 0 Å². The Morgan fingerprint density at radius 3 is 2.78 bits per heavy atom. The highest BCUT2D eigenvalue weighted by atomic mass is 31.1. The smallest absolute Gasteiger partial charge is 0.193 e. The van der Waals surface area contributed by atoms with Crippen molar-refractivity contribution in [2.45, 2.75) is 6.42 Å². The molecule has 0 amide bonds. The van der Waals surface area contributed by atoms with Gasteiger partial charge in [-0.15, -0.1) is 0 Å². The molecule has 0 saturated heterocycles. The van der Waals surface area contributed by atoms with Crippen molar-refractivity contribution in [1.29, 1.82) is 0 Å². The molecule has 0 aliphatic carbocycles. The molecule has 1 atom stereocenters. The number of nitrogens with two attached hydrogens (primary N) is 1. The van der Waals surface area contributed by atoms with Crippen LogP contribution in [0.15, 0.2) is 0 Å². The van der Waals surface area contributed by atoms with Gasteiger partial charge in [0.2, 0.25) is 0 Å². The van der Waals surface area contributed by atoms with Crippen LogP contribution in [-0.4, -0.2) is 24.6 Å². The first kappa shape index (κ1) is 9.11. The molecular weight excluding hydrogens is 141 g/mol. The Kier molecular flexibility index (Phi) is 6.31. The molecular formula is C4H12NO3P. The van der Waals surface area contributed by atoms with Crippen molar-refractivity contribution in [3.63, 3.8) is 0 Å². The van der Waals surface area contributed by atoms with Crippen molar-refractivity contribution in [3.8, 4) is 0 Å². The van der Waals surface area contributed by atoms with Crippen molar-refractivity contribution >= 4 is 8.03 Å². The van der Waals surface area contributed by atoms with E-state index < -0.39 is 14.8 Å². The van der Waals surface area contributed by atoms with Crippen molar-refractivity contribution in [2.24, 2.45) is 5.73 Å². The molecule has 9 heavy (non-hydrogen) atoms. The van der Waals surface area contributed by atoms with Gasteiger partial charge in [0.1, 0.15) is 6.79 Å². The summed E-state index contributed by atoms with van der Waals surface area (Å²) in [6.45, 7) is 0.0631. The van der Waals surface area contributed by atoms with Gasteiger partial charge >= 0.3 is 0 Å². The first-order valence-electron chi connectivity index (χ1n) is 2.77. The van der Waals surface area contributed by atoms with E-state index in [2.05, 4.69) is 4.52 Å². The fraction of sp³-hybridized carbons (Fsp3) is 1.00. The number of aliphatic hydroxyl groups excluding tert-OH is 1. The maximum Gasteiger partial charge on any atom is 0.193 e. The van der Waals surface area contributed by atoms with Gasteiger partial charge in [0.25, 0.3) is 0 Å². The highest BCUT2D eigenvalue weighted by Crippen LogP contribution is 2.21. The van der Waals surface area contributed by atoms with E-state index in [9.17, 15) is 4.57 Å². The molecule has 0 aromatic carbocycles. The van der Waals surface area contributed by atoms with E-state index in [4.69, 9.17) is 10.8 Å². The Morgan fingerprint density at radius 2 is 2.33 bits per heavy atom. The lowest BCUT2D eigenvalue weighted by atomic mass is 10.5. The van der Waals surface area contributed by atoms with E-state index in [-0.39, 0.29) is 0 Å². The molecule has 0 fully saturated rings. The lowest BCUT2D eigenvalue weighted by Gasteiger charge is -1.97. The SMILES string of the molecule is NCCC[PH](=O)OCO. The minimum absolute atomic E-state index is 0.456. The summed E-state index contributed by atoms with van der Waals surface area (Å²) in [6, 6.07) is 0. The Hall–Kier alpha value is 0.110. The minimum Gasteiger partial charge on any atom is -0.370 e. The Bertz CT molecular complexity index is 87.9. The molecule has 1 unspecified atom stereocenters. The fourth-order valence-corrected chi connectivity index (χ4v) is 1.17. The Balaban J connectivity index is 3.06. The molecule has 5 heteroatoms. The van der Waals surface area contributed by atoms with E-state index in [1.807, 2.05) is 0 Å². The van der Waals surface area contributed by atoms with E-state index >= 15 is 0 Å². The van der Waals surface area contributed by atoms with Crippen LogP contribution in [-0.2, 0) is 9.09 Å². The van der Waals surface area contributed by atoms with Crippen LogP contribution in [0.3, 0.4) is 0 Å². The largest absolute Gasteiger partial charge is 0.370 e. The van der Waals surface area contributed by atoms with Gasteiger partial charge in [-0.25, -0.2) is 0 Å². The van der Waals surface area contributed by atoms with E-state index in [0.29, 0.717) is 19.1 Å². The van der Waals surface area contributed by atoms with Gasteiger partial charge in [-0.2, -0.15) is 0 Å². The summed E-state index contributed by atoms with van der Waals surface area (Å²) in [5.41, 5.74) is 5.13. The number of aliphatic hydroxyl groups is 1. The van der Waals surface area contributed by atoms with Gasteiger partial charge in [0.05, 0.1) is 0 Å². The maximum atomic E-state index is 10.5. The maximum absolute atomic E-state index is 10.5. The van der Waals surface area contributed by atoms with E-state index in [1.54, 1.807) is 0 Å². The van der Waals surface area contributed by atoms with Gasteiger partial charge in [0, 0.05) is 6.16 Å². The van der Waals surface area contributed by atoms with Crippen LogP contribution in [0.5, 0.6) is 0 Å². The Morgan fingerprint density at radius 1 is 1.67 bits per heavy atom. The first-order chi connectivity index (χ1) is 4.31. The second-order valence-corrected chi connectivity index (χ2v) is 3.07. The highest BCUT2D eigenvalue weighted by molar-refractivity contribution is 7.39. The summed E-state index contributed by atoms with van der Waals surface area (Å²) in [6.07, 6.45) is 1.17. The van der Waals surface area contributed by atoms with Gasteiger partial charge < -0.3 is 15.4 Å². The third-order valence-corrected chi connectivity index (χ3v) is 2.02. The lowest BCUT2D eigenvalue weighted by Crippen LogP contribution is -1.99. The lowest BCUT2D eigenvalue weighted by molar-refractivity contribution is 0.107. The fourth-order valence-electron chi connectivity index (χ4n) is 0.391. The van der Waals surface area contributed by atoms with E-state index in [1.165, 1.54) is 0 Å². The van der Waals surface area contributed by atoms with Crippen LogP contribution in [0.4, 0.5) is 0 Å². The average Bonchev–Trinajstić information content (AvgIpc) is 1.85. The van der Waals surface area contributed by atoms with Crippen molar-refractivity contribution in [2.75, 3.05) is 19.5 Å². The van der Waals surface area contributed by atoms with Crippen molar-refractivity contribution in [3.05, 3.63) is 0 Å². The molecule has 0 aromatic rings. The zero-order valence-corrected chi connectivity index (χ0v) is 6.17. The summed E-state index contributed by atoms with van der Waals surface area (Å²) in [5.74, 6) is 0. The topological polar surface area (TPSA) is 72.6 Å². The second-order valence-electron chi connectivity index (χ2n) is 1.54. The Labute approximate surface area is 54.9 Å². The molecule has 0 aromatic heterocycles. The monoisotopic (exact) mass is 153 g/mol. The molecule has 3 N–H and O–H groups in total. The first-order valence-corrected chi connectivity index (χ1v) is 4.30. The molecule has 0 spiro atoms. The normalized spacial score (nSPS) is 13.6. The summed E-state index contributed by atoms with van der Waals surface area (Å²) in [4.78, 5) is 0. The molecule has 0 heterocycles. The molecule has 0 rings (SSSR count). The van der Waals surface area contributed by atoms with Crippen molar-refractivity contribution in [1.82, 2.24) is 0 Å². The highest BCUT2D eigenvalue weighted by Gasteiger charge is 1.95. The average molecular weight is 153 g/mol. The summed E-state index contributed by atoms with van der Waals surface area (Å²) >= 11 is 0. The van der Waals surface area contributed by atoms with Crippen LogP contribution >= 0.6 is 8.03 Å². The van der Waals surface area contributed by atoms with Gasteiger partial charge in [-0.3, -0.25) is 4.57 Å². The third-order valence-electron chi connectivity index (χ3n) is 0.811. The predicted octanol–water partition coefficient (Wildman–Crippen LogP) is -0.224. The minimum atomic E-state index is -1.98. The molecule has 4 nitrogen and oxygen atoms in total. The standard InChI is InChI=1S/C4H12NO3P/c5-2-1-3-9(7)8-4-6/h6,9H,1-5H2. The number of hydrogen-bond acceptors (Lipinski definition) is 4. The second kappa shape index (κ2) is 6.23. The quantitative estimate of drug-likeness (QED) is 0.423. The summed E-state index contributed by atoms with van der Waals surface area (Å²) < 4.78 is 14.9. The molecule has 56 valence electrons. The van der Waals surface area contributed by atoms with Gasteiger partial charge in [-0.05, 0) is 13.0 Å². The molecule has 0 bridgehead atoms. The number of rotatable bonds is 5. The summed E-state index contributed by atoms with van der Waals surface area (Å²) in [5, 5.41) is 8.11. The third kappa shape index (κ3) is 5.99. The van der Waals surface area contributed by atoms with Crippen LogP contribution < -0.4 is 5.73 Å². The molecule has 0 aliphatic rings. The zero-order valence-electron chi connectivity index (χ0n) is 5.17. The molecule has 0 aliphatic heterocycles. The molecule has 0 radical (unpaired) electrons. The van der Waals surface area contributed by atoms with Crippen LogP contribution in [0, 0.1) is 0 Å². The van der Waals surface area contributed by atoms with Gasteiger partial charge in [-0.1, -0.05) is 0 Å². The van der Waals surface area contributed by atoms with Crippen LogP contribution in [0.2, 0.25) is 0 Å². The summed E-state index contributed by atoms with van der Waals surface area (Å²) in [7, 11) is -1.98.